The van der Waals surface area contributed by atoms with Crippen LogP contribution in [0.1, 0.15) is 10.4 Å². The molecule has 3 N–H and O–H groups in total. The largest absolute Gasteiger partial charge is 0.477 e. The third-order valence-corrected chi connectivity index (χ3v) is 2.21. The van der Waals surface area contributed by atoms with Crippen LogP contribution in [0.2, 0.25) is 0 Å². The molecule has 0 saturated carbocycles. The van der Waals surface area contributed by atoms with Crippen molar-refractivity contribution in [1.29, 1.82) is 0 Å². The maximum Gasteiger partial charge on any atom is 0.434 e. The molecular formula is C10H6F7NO3. The van der Waals surface area contributed by atoms with Gasteiger partial charge in [0, 0.05) is 0 Å². The number of nitrogens with two attached hydrogens (primary N) is 1. The molecule has 0 atom stereocenters. The molecule has 0 saturated heterocycles. The Kier molecular flexibility index (Phi) is 4.25. The summed E-state index contributed by atoms with van der Waals surface area (Å²) < 4.78 is 90.6. The maximum absolute atomic E-state index is 13.0. The number of rotatable bonds is 3. The van der Waals surface area contributed by atoms with Gasteiger partial charge in [-0.05, 0) is 12.1 Å². The number of carboxylic acid groups (broad SMARTS) is 1. The van der Waals surface area contributed by atoms with E-state index in [9.17, 15) is 35.5 Å². The molecule has 1 aromatic carbocycles. The second-order valence-electron chi connectivity index (χ2n) is 3.72. The molecule has 21 heavy (non-hydrogen) atoms. The molecule has 0 heterocycles. The van der Waals surface area contributed by atoms with Crippen molar-refractivity contribution < 1.29 is 45.4 Å². The molecule has 4 nitrogen and oxygen atoms in total. The van der Waals surface area contributed by atoms with E-state index in [1.807, 2.05) is 0 Å². The quantitative estimate of drug-likeness (QED) is 0.663. The second-order valence-corrected chi connectivity index (χ2v) is 3.72. The highest BCUT2D eigenvalue weighted by Crippen LogP contribution is 2.38. The van der Waals surface area contributed by atoms with Crippen LogP contribution in [0.25, 0.3) is 0 Å². The van der Waals surface area contributed by atoms with Gasteiger partial charge in [-0.25, -0.2) is 9.18 Å². The average molecular weight is 321 g/mol. The summed E-state index contributed by atoms with van der Waals surface area (Å²) in [6.07, 6.45) is -16.0. The van der Waals surface area contributed by atoms with Crippen molar-refractivity contribution in [2.45, 2.75) is 18.5 Å². The first-order valence-electron chi connectivity index (χ1n) is 4.97. The molecule has 0 fully saturated rings. The fraction of sp³-hybridized carbons (Fsp3) is 0.300. The van der Waals surface area contributed by atoms with Crippen LogP contribution in [0, 0.1) is 5.82 Å². The number of carbonyl (C=O) groups is 1. The van der Waals surface area contributed by atoms with Crippen molar-refractivity contribution >= 4 is 11.7 Å². The molecule has 0 aromatic heterocycles. The van der Waals surface area contributed by atoms with E-state index in [2.05, 4.69) is 4.74 Å². The molecule has 0 radical (unpaired) electrons. The minimum Gasteiger partial charge on any atom is -0.477 e. The number of alkyl halides is 6. The lowest BCUT2D eigenvalue weighted by Crippen LogP contribution is -2.46. The fourth-order valence-corrected chi connectivity index (χ4v) is 1.34. The first-order chi connectivity index (χ1) is 9.35. The normalized spacial score (nSPS) is 12.6. The highest BCUT2D eigenvalue weighted by Gasteiger charge is 2.59. The number of hydrogen-bond donors (Lipinski definition) is 2. The van der Waals surface area contributed by atoms with E-state index in [1.165, 1.54) is 0 Å². The Morgan fingerprint density at radius 3 is 2.00 bits per heavy atom. The predicted octanol–water partition coefficient (Wildman–Crippen LogP) is 2.98. The zero-order valence-corrected chi connectivity index (χ0v) is 9.72. The number of aromatic carboxylic acids is 1. The maximum atomic E-state index is 13.0. The molecule has 11 heteroatoms. The summed E-state index contributed by atoms with van der Waals surface area (Å²) in [4.78, 5) is 10.8. The van der Waals surface area contributed by atoms with E-state index < -0.39 is 47.2 Å². The fourth-order valence-electron chi connectivity index (χ4n) is 1.34. The van der Waals surface area contributed by atoms with Crippen molar-refractivity contribution in [3.8, 4) is 5.75 Å². The Morgan fingerprint density at radius 1 is 1.14 bits per heavy atom. The van der Waals surface area contributed by atoms with Gasteiger partial charge in [0.2, 0.25) is 0 Å². The first kappa shape index (κ1) is 16.9. The zero-order valence-electron chi connectivity index (χ0n) is 9.72. The molecule has 0 aliphatic rings. The number of carboxylic acids is 1. The van der Waals surface area contributed by atoms with Gasteiger partial charge >= 0.3 is 18.3 Å². The minimum absolute atomic E-state index is 0.319. The monoisotopic (exact) mass is 321 g/mol. The number of benzene rings is 1. The van der Waals surface area contributed by atoms with Gasteiger partial charge in [-0.1, -0.05) is 0 Å². The lowest BCUT2D eigenvalue weighted by molar-refractivity contribution is -0.299. The van der Waals surface area contributed by atoms with E-state index in [0.29, 0.717) is 12.1 Å². The van der Waals surface area contributed by atoms with Crippen LogP contribution in [-0.2, 0) is 0 Å². The van der Waals surface area contributed by atoms with E-state index in [4.69, 9.17) is 10.8 Å². The summed E-state index contributed by atoms with van der Waals surface area (Å²) in [5.74, 6) is -4.71. The third kappa shape index (κ3) is 3.67. The van der Waals surface area contributed by atoms with Crippen molar-refractivity contribution in [3.05, 3.63) is 23.5 Å². The van der Waals surface area contributed by atoms with Gasteiger partial charge in [0.1, 0.15) is 17.1 Å². The van der Waals surface area contributed by atoms with Crippen LogP contribution in [0.5, 0.6) is 5.75 Å². The van der Waals surface area contributed by atoms with Crippen molar-refractivity contribution in [2.75, 3.05) is 5.73 Å². The van der Waals surface area contributed by atoms with E-state index in [-0.39, 0.29) is 0 Å². The summed E-state index contributed by atoms with van der Waals surface area (Å²) in [6.45, 7) is 0. The number of halogens is 7. The summed E-state index contributed by atoms with van der Waals surface area (Å²) in [7, 11) is 0. The molecule has 0 amide bonds. The Balaban J connectivity index is 3.35. The Labute approximate surface area is 111 Å². The van der Waals surface area contributed by atoms with Crippen LogP contribution in [0.15, 0.2) is 12.1 Å². The topological polar surface area (TPSA) is 72.5 Å². The van der Waals surface area contributed by atoms with Crippen LogP contribution in [0.4, 0.5) is 36.4 Å². The van der Waals surface area contributed by atoms with Crippen LogP contribution < -0.4 is 10.5 Å². The van der Waals surface area contributed by atoms with E-state index in [1.54, 1.807) is 0 Å². The Morgan fingerprint density at radius 2 is 1.62 bits per heavy atom. The smallest absolute Gasteiger partial charge is 0.434 e. The third-order valence-electron chi connectivity index (χ3n) is 2.21. The molecule has 118 valence electrons. The zero-order chi connectivity index (χ0) is 16.6. The van der Waals surface area contributed by atoms with Gasteiger partial charge in [0.25, 0.3) is 6.10 Å². The lowest BCUT2D eigenvalue weighted by atomic mass is 10.1. The molecule has 1 aromatic rings. The van der Waals surface area contributed by atoms with Crippen molar-refractivity contribution in [2.24, 2.45) is 0 Å². The van der Waals surface area contributed by atoms with Crippen LogP contribution in [-0.4, -0.2) is 29.5 Å². The summed E-state index contributed by atoms with van der Waals surface area (Å²) in [5, 5.41) is 8.70. The summed E-state index contributed by atoms with van der Waals surface area (Å²) in [6, 6.07) is 0.709. The van der Waals surface area contributed by atoms with Gasteiger partial charge in [-0.2, -0.15) is 26.3 Å². The molecule has 0 aliphatic carbocycles. The van der Waals surface area contributed by atoms with Gasteiger partial charge in [0.05, 0.1) is 5.69 Å². The summed E-state index contributed by atoms with van der Waals surface area (Å²) in [5.41, 5.74) is 2.52. The Bertz CT molecular complexity index is 539. The minimum atomic E-state index is -5.85. The molecule has 0 bridgehead atoms. The Hall–Kier alpha value is -2.20. The molecule has 0 unspecified atom stereocenters. The lowest BCUT2D eigenvalue weighted by Gasteiger charge is -2.24. The van der Waals surface area contributed by atoms with Gasteiger partial charge in [-0.15, -0.1) is 0 Å². The van der Waals surface area contributed by atoms with Gasteiger partial charge in [-0.3, -0.25) is 0 Å². The SMILES string of the molecule is Nc1c(F)ccc(OC(C(F)(F)F)C(F)(F)F)c1C(=O)O. The number of ether oxygens (including phenoxy) is 1. The van der Waals surface area contributed by atoms with Gasteiger partial charge in [0.15, 0.2) is 0 Å². The molecule has 0 spiro atoms. The number of anilines is 1. The first-order valence-corrected chi connectivity index (χ1v) is 4.97. The molecule has 1 rings (SSSR count). The highest BCUT2D eigenvalue weighted by atomic mass is 19.4. The van der Waals surface area contributed by atoms with E-state index >= 15 is 0 Å². The van der Waals surface area contributed by atoms with Crippen LogP contribution in [0.3, 0.4) is 0 Å². The van der Waals surface area contributed by atoms with Crippen molar-refractivity contribution in [3.63, 3.8) is 0 Å². The molecule has 0 aliphatic heterocycles. The van der Waals surface area contributed by atoms with Crippen molar-refractivity contribution in [1.82, 2.24) is 0 Å². The standard InChI is InChI=1S/C10H6F7NO3/c11-3-1-2-4(5(6(3)18)7(19)20)21-8(9(12,13)14)10(15,16)17/h1-2,8H,18H2,(H,19,20). The highest BCUT2D eigenvalue weighted by molar-refractivity contribution is 5.96. The summed E-state index contributed by atoms with van der Waals surface area (Å²) >= 11 is 0. The average Bonchev–Trinajstić information content (AvgIpc) is 2.26. The number of nitrogen functional groups attached to an aromatic ring is 1. The van der Waals surface area contributed by atoms with Gasteiger partial charge < -0.3 is 15.6 Å². The molecular weight excluding hydrogens is 315 g/mol. The van der Waals surface area contributed by atoms with E-state index in [0.717, 1.165) is 0 Å². The second kappa shape index (κ2) is 5.30. The van der Waals surface area contributed by atoms with Crippen LogP contribution >= 0.6 is 0 Å². The number of hydrogen-bond acceptors (Lipinski definition) is 3. The predicted molar refractivity (Wildman–Crippen MR) is 54.3 cm³/mol.